The lowest BCUT2D eigenvalue weighted by Crippen LogP contribution is -2.30. The minimum Gasteiger partial charge on any atom is -0.351 e. The Labute approximate surface area is 174 Å². The number of rotatable bonds is 6. The molecular weight excluding hydrogens is 418 g/mol. The van der Waals surface area contributed by atoms with Gasteiger partial charge in [-0.2, -0.15) is 13.2 Å². The van der Waals surface area contributed by atoms with Crippen molar-refractivity contribution in [1.82, 2.24) is 15.3 Å². The SMILES string of the molecule is C[C@@H](Sc1nc(-c2ccccc2)cc(C(F)(F)F)n1)C(=O)NCc1ccc(F)cc1. The van der Waals surface area contributed by atoms with Crippen LogP contribution in [0, 0.1) is 5.82 Å². The van der Waals surface area contributed by atoms with Crippen molar-refractivity contribution in [3.63, 3.8) is 0 Å². The van der Waals surface area contributed by atoms with Crippen molar-refractivity contribution in [2.24, 2.45) is 0 Å². The number of hydrogen-bond donors (Lipinski definition) is 1. The normalized spacial score (nSPS) is 12.4. The van der Waals surface area contributed by atoms with Gasteiger partial charge in [0.25, 0.3) is 0 Å². The number of hydrogen-bond acceptors (Lipinski definition) is 4. The van der Waals surface area contributed by atoms with E-state index in [1.165, 1.54) is 24.3 Å². The maximum absolute atomic E-state index is 13.3. The number of alkyl halides is 3. The average molecular weight is 435 g/mol. The molecule has 0 bridgehead atoms. The van der Waals surface area contributed by atoms with Crippen molar-refractivity contribution in [2.75, 3.05) is 0 Å². The van der Waals surface area contributed by atoms with Crippen LogP contribution in [0.3, 0.4) is 0 Å². The maximum atomic E-state index is 13.3. The molecule has 1 atom stereocenters. The number of benzene rings is 2. The molecule has 0 saturated carbocycles. The summed E-state index contributed by atoms with van der Waals surface area (Å²) >= 11 is 0.834. The molecule has 3 rings (SSSR count). The fourth-order valence-corrected chi connectivity index (χ4v) is 3.34. The van der Waals surface area contributed by atoms with Crippen molar-refractivity contribution in [2.45, 2.75) is 30.1 Å². The van der Waals surface area contributed by atoms with Crippen LogP contribution in [0.25, 0.3) is 11.3 Å². The molecule has 2 aromatic carbocycles. The average Bonchev–Trinajstić information content (AvgIpc) is 2.73. The summed E-state index contributed by atoms with van der Waals surface area (Å²) in [5.41, 5.74) is 0.265. The van der Waals surface area contributed by atoms with Crippen molar-refractivity contribution in [1.29, 1.82) is 0 Å². The summed E-state index contributed by atoms with van der Waals surface area (Å²) in [4.78, 5) is 20.1. The van der Waals surface area contributed by atoms with Gasteiger partial charge in [-0.1, -0.05) is 54.2 Å². The second-order valence-corrected chi connectivity index (χ2v) is 7.70. The van der Waals surface area contributed by atoms with E-state index < -0.39 is 23.0 Å². The van der Waals surface area contributed by atoms with Crippen LogP contribution in [-0.2, 0) is 17.5 Å². The molecule has 1 amide bonds. The molecule has 4 nitrogen and oxygen atoms in total. The van der Waals surface area contributed by atoms with Gasteiger partial charge in [0.15, 0.2) is 5.16 Å². The van der Waals surface area contributed by atoms with Gasteiger partial charge in [0.05, 0.1) is 10.9 Å². The molecule has 0 spiro atoms. The largest absolute Gasteiger partial charge is 0.433 e. The Kier molecular flexibility index (Phi) is 6.71. The highest BCUT2D eigenvalue weighted by Gasteiger charge is 2.34. The third-order valence-corrected chi connectivity index (χ3v) is 5.06. The molecule has 0 aliphatic heterocycles. The Hall–Kier alpha value is -2.94. The van der Waals surface area contributed by atoms with Crippen LogP contribution in [0.1, 0.15) is 18.2 Å². The summed E-state index contributed by atoms with van der Waals surface area (Å²) in [5.74, 6) is -0.781. The molecule has 1 aromatic heterocycles. The number of carbonyl (C=O) groups excluding carboxylic acids is 1. The first-order valence-corrected chi connectivity index (χ1v) is 9.81. The number of aromatic nitrogens is 2. The Morgan fingerprint density at radius 1 is 1.07 bits per heavy atom. The Bertz CT molecular complexity index is 1010. The predicted octanol–water partition coefficient (Wildman–Crippen LogP) is 5.10. The molecule has 30 heavy (non-hydrogen) atoms. The lowest BCUT2D eigenvalue weighted by Gasteiger charge is -2.14. The first-order chi connectivity index (χ1) is 14.2. The van der Waals surface area contributed by atoms with Crippen molar-refractivity contribution < 1.29 is 22.4 Å². The molecule has 1 heterocycles. The highest BCUT2D eigenvalue weighted by molar-refractivity contribution is 8.00. The van der Waals surface area contributed by atoms with Crippen LogP contribution in [0.15, 0.2) is 65.8 Å². The van der Waals surface area contributed by atoms with E-state index in [1.54, 1.807) is 37.3 Å². The zero-order valence-corrected chi connectivity index (χ0v) is 16.6. The smallest absolute Gasteiger partial charge is 0.351 e. The lowest BCUT2D eigenvalue weighted by molar-refractivity contribution is -0.141. The molecule has 0 fully saturated rings. The topological polar surface area (TPSA) is 54.9 Å². The van der Waals surface area contributed by atoms with E-state index in [-0.39, 0.29) is 23.2 Å². The summed E-state index contributed by atoms with van der Waals surface area (Å²) < 4.78 is 52.8. The molecule has 0 aliphatic rings. The van der Waals surface area contributed by atoms with Gasteiger partial charge < -0.3 is 5.32 Å². The lowest BCUT2D eigenvalue weighted by atomic mass is 10.1. The number of carbonyl (C=O) groups is 1. The maximum Gasteiger partial charge on any atom is 0.433 e. The summed E-state index contributed by atoms with van der Waals surface area (Å²) in [6.07, 6.45) is -4.64. The van der Waals surface area contributed by atoms with Gasteiger partial charge in [0.2, 0.25) is 5.91 Å². The highest BCUT2D eigenvalue weighted by Crippen LogP contribution is 2.32. The van der Waals surface area contributed by atoms with Crippen LogP contribution in [0.5, 0.6) is 0 Å². The molecule has 3 aromatic rings. The van der Waals surface area contributed by atoms with Crippen LogP contribution >= 0.6 is 11.8 Å². The van der Waals surface area contributed by atoms with Gasteiger partial charge in [-0.05, 0) is 30.7 Å². The molecule has 0 aliphatic carbocycles. The molecule has 0 unspecified atom stereocenters. The fraction of sp³-hybridized carbons (Fsp3) is 0.190. The zero-order valence-electron chi connectivity index (χ0n) is 15.8. The summed E-state index contributed by atoms with van der Waals surface area (Å²) in [6, 6.07) is 15.0. The molecule has 0 radical (unpaired) electrons. The Balaban J connectivity index is 1.75. The third-order valence-electron chi connectivity index (χ3n) is 4.10. The first-order valence-electron chi connectivity index (χ1n) is 8.93. The van der Waals surface area contributed by atoms with E-state index >= 15 is 0 Å². The quantitative estimate of drug-likeness (QED) is 0.333. The number of nitrogens with zero attached hydrogens (tertiary/aromatic N) is 2. The minimum absolute atomic E-state index is 0.124. The molecular formula is C21H17F4N3OS. The second kappa shape index (κ2) is 9.25. The monoisotopic (exact) mass is 435 g/mol. The number of thioether (sulfide) groups is 1. The highest BCUT2D eigenvalue weighted by atomic mass is 32.2. The van der Waals surface area contributed by atoms with E-state index in [0.29, 0.717) is 11.1 Å². The molecule has 0 saturated heterocycles. The summed E-state index contributed by atoms with van der Waals surface area (Å²) in [5, 5.41) is 1.79. The van der Waals surface area contributed by atoms with Gasteiger partial charge in [-0.15, -0.1) is 0 Å². The summed E-state index contributed by atoms with van der Waals surface area (Å²) in [7, 11) is 0. The predicted molar refractivity (Wildman–Crippen MR) is 106 cm³/mol. The molecule has 9 heteroatoms. The Morgan fingerprint density at radius 2 is 1.73 bits per heavy atom. The molecule has 156 valence electrons. The summed E-state index contributed by atoms with van der Waals surface area (Å²) in [6.45, 7) is 1.72. The third kappa shape index (κ3) is 5.79. The van der Waals surface area contributed by atoms with Crippen LogP contribution < -0.4 is 5.32 Å². The van der Waals surface area contributed by atoms with Gasteiger partial charge in [-0.3, -0.25) is 4.79 Å². The van der Waals surface area contributed by atoms with E-state index in [1.807, 2.05) is 0 Å². The number of halogens is 4. The minimum atomic E-state index is -4.64. The van der Waals surface area contributed by atoms with Gasteiger partial charge in [0, 0.05) is 12.1 Å². The van der Waals surface area contributed by atoms with Gasteiger partial charge in [0.1, 0.15) is 11.5 Å². The number of nitrogens with one attached hydrogen (secondary N) is 1. The van der Waals surface area contributed by atoms with Gasteiger partial charge >= 0.3 is 6.18 Å². The number of amides is 1. The standard InChI is InChI=1S/C21H17F4N3OS/c1-13(19(29)26-12-14-7-9-16(22)10-8-14)30-20-27-17(15-5-3-2-4-6-15)11-18(28-20)21(23,24)25/h2-11,13H,12H2,1H3,(H,26,29)/t13-/m1/s1. The van der Waals surface area contributed by atoms with E-state index in [0.717, 1.165) is 17.8 Å². The Morgan fingerprint density at radius 3 is 2.37 bits per heavy atom. The zero-order chi connectivity index (χ0) is 21.7. The first kappa shape index (κ1) is 21.8. The van der Waals surface area contributed by atoms with Crippen molar-refractivity contribution in [3.8, 4) is 11.3 Å². The van der Waals surface area contributed by atoms with Crippen molar-refractivity contribution in [3.05, 3.63) is 77.7 Å². The van der Waals surface area contributed by atoms with Gasteiger partial charge in [-0.25, -0.2) is 14.4 Å². The fourth-order valence-electron chi connectivity index (χ4n) is 2.53. The van der Waals surface area contributed by atoms with E-state index in [2.05, 4.69) is 15.3 Å². The van der Waals surface area contributed by atoms with Crippen LogP contribution in [0.2, 0.25) is 0 Å². The van der Waals surface area contributed by atoms with Crippen LogP contribution in [-0.4, -0.2) is 21.1 Å². The van der Waals surface area contributed by atoms with Crippen LogP contribution in [0.4, 0.5) is 17.6 Å². The molecule has 1 N–H and O–H groups in total. The van der Waals surface area contributed by atoms with E-state index in [9.17, 15) is 22.4 Å². The van der Waals surface area contributed by atoms with E-state index in [4.69, 9.17) is 0 Å². The van der Waals surface area contributed by atoms with Crippen molar-refractivity contribution >= 4 is 17.7 Å². The second-order valence-electron chi connectivity index (χ2n) is 6.39.